The Morgan fingerprint density at radius 2 is 1.79 bits per heavy atom. The lowest BCUT2D eigenvalue weighted by Gasteiger charge is -2.01. The van der Waals surface area contributed by atoms with Crippen LogP contribution in [0.2, 0.25) is 0 Å². The fourth-order valence-electron chi connectivity index (χ4n) is 1.23. The van der Waals surface area contributed by atoms with E-state index in [1.165, 1.54) is 0 Å². The highest BCUT2D eigenvalue weighted by Crippen LogP contribution is 2.25. The maximum atomic E-state index is 11.7. The third-order valence-electron chi connectivity index (χ3n) is 1.86. The number of benzene rings is 1. The van der Waals surface area contributed by atoms with Gasteiger partial charge in [-0.3, -0.25) is 4.79 Å². The van der Waals surface area contributed by atoms with Crippen molar-refractivity contribution in [3.05, 3.63) is 42.0 Å². The SMILES string of the molecule is O=c1c(Br)c[nH]c2c(Br)cc(Br)cc12. The number of halogens is 3. The van der Waals surface area contributed by atoms with E-state index < -0.39 is 0 Å². The minimum atomic E-state index is -0.0132. The highest BCUT2D eigenvalue weighted by Gasteiger charge is 2.06. The van der Waals surface area contributed by atoms with Gasteiger partial charge in [0, 0.05) is 20.5 Å². The Morgan fingerprint density at radius 1 is 1.07 bits per heavy atom. The van der Waals surface area contributed by atoms with Gasteiger partial charge in [0.05, 0.1) is 9.99 Å². The smallest absolute Gasteiger partial charge is 0.203 e. The van der Waals surface area contributed by atoms with Crippen LogP contribution in [0.15, 0.2) is 36.5 Å². The number of rotatable bonds is 0. The Morgan fingerprint density at radius 3 is 2.50 bits per heavy atom. The maximum absolute atomic E-state index is 11.7. The van der Waals surface area contributed by atoms with E-state index in [1.54, 1.807) is 12.3 Å². The fourth-order valence-corrected chi connectivity index (χ4v) is 2.90. The molecule has 0 spiro atoms. The predicted molar refractivity (Wildman–Crippen MR) is 67.7 cm³/mol. The molecule has 0 radical (unpaired) electrons. The molecule has 2 rings (SSSR count). The zero-order chi connectivity index (χ0) is 10.3. The van der Waals surface area contributed by atoms with Gasteiger partial charge in [0.25, 0.3) is 0 Å². The number of pyridine rings is 1. The lowest BCUT2D eigenvalue weighted by molar-refractivity contribution is 1.35. The molecule has 72 valence electrons. The second kappa shape index (κ2) is 3.79. The third kappa shape index (κ3) is 1.68. The standard InChI is InChI=1S/C9H4Br3NO/c10-4-1-5-8(6(11)2-4)13-3-7(12)9(5)14/h1-3H,(H,13,14). The van der Waals surface area contributed by atoms with Crippen LogP contribution in [0, 0.1) is 0 Å². The van der Waals surface area contributed by atoms with Gasteiger partial charge in [0.1, 0.15) is 0 Å². The van der Waals surface area contributed by atoms with Gasteiger partial charge in [-0.05, 0) is 44.0 Å². The van der Waals surface area contributed by atoms with Gasteiger partial charge in [0.15, 0.2) is 0 Å². The largest absolute Gasteiger partial charge is 0.359 e. The van der Waals surface area contributed by atoms with Gasteiger partial charge in [0.2, 0.25) is 5.43 Å². The summed E-state index contributed by atoms with van der Waals surface area (Å²) in [6.45, 7) is 0. The van der Waals surface area contributed by atoms with Crippen molar-refractivity contribution in [3.8, 4) is 0 Å². The molecule has 1 N–H and O–H groups in total. The van der Waals surface area contributed by atoms with Crippen LogP contribution >= 0.6 is 47.8 Å². The first-order valence-corrected chi connectivity index (χ1v) is 6.13. The van der Waals surface area contributed by atoms with E-state index in [0.29, 0.717) is 9.86 Å². The number of fused-ring (bicyclic) bond motifs is 1. The summed E-state index contributed by atoms with van der Waals surface area (Å²) in [5.41, 5.74) is 0.794. The van der Waals surface area contributed by atoms with Crippen molar-refractivity contribution < 1.29 is 0 Å². The molecule has 0 saturated heterocycles. The zero-order valence-corrected chi connectivity index (χ0v) is 11.5. The summed E-state index contributed by atoms with van der Waals surface area (Å²) >= 11 is 9.93. The number of nitrogens with one attached hydrogen (secondary N) is 1. The van der Waals surface area contributed by atoms with E-state index in [9.17, 15) is 4.79 Å². The average Bonchev–Trinajstić information content (AvgIpc) is 2.12. The van der Waals surface area contributed by atoms with E-state index in [2.05, 4.69) is 52.8 Å². The minimum absolute atomic E-state index is 0.0132. The molecule has 5 heteroatoms. The topological polar surface area (TPSA) is 32.9 Å². The summed E-state index contributed by atoms with van der Waals surface area (Å²) in [7, 11) is 0. The van der Waals surface area contributed by atoms with E-state index in [-0.39, 0.29) is 5.43 Å². The van der Waals surface area contributed by atoms with Crippen molar-refractivity contribution in [1.82, 2.24) is 4.98 Å². The van der Waals surface area contributed by atoms with Crippen molar-refractivity contribution >= 4 is 58.7 Å². The number of hydrogen-bond acceptors (Lipinski definition) is 1. The quantitative estimate of drug-likeness (QED) is 0.739. The number of hydrogen-bond donors (Lipinski definition) is 1. The van der Waals surface area contributed by atoms with Gasteiger partial charge in [-0.15, -0.1) is 0 Å². The van der Waals surface area contributed by atoms with Crippen LogP contribution in [0.1, 0.15) is 0 Å². The molecule has 0 saturated carbocycles. The Kier molecular flexibility index (Phi) is 2.81. The normalized spacial score (nSPS) is 10.8. The van der Waals surface area contributed by atoms with Crippen LogP contribution in [0.5, 0.6) is 0 Å². The zero-order valence-electron chi connectivity index (χ0n) is 6.77. The lowest BCUT2D eigenvalue weighted by Crippen LogP contribution is -2.03. The fraction of sp³-hybridized carbons (Fsp3) is 0. The number of aromatic nitrogens is 1. The molecule has 0 aliphatic carbocycles. The van der Waals surface area contributed by atoms with E-state index in [4.69, 9.17) is 0 Å². The first-order chi connectivity index (χ1) is 6.59. The van der Waals surface area contributed by atoms with Crippen molar-refractivity contribution in [2.45, 2.75) is 0 Å². The average molecular weight is 382 g/mol. The molecule has 1 heterocycles. The van der Waals surface area contributed by atoms with Crippen LogP contribution in [0.3, 0.4) is 0 Å². The predicted octanol–water partition coefficient (Wildman–Crippen LogP) is 3.82. The molecule has 0 aliphatic heterocycles. The van der Waals surface area contributed by atoms with Crippen molar-refractivity contribution in [2.24, 2.45) is 0 Å². The molecule has 0 fully saturated rings. The Labute approximate surface area is 105 Å². The summed E-state index contributed by atoms with van der Waals surface area (Å²) in [5.74, 6) is 0. The molecule has 0 atom stereocenters. The van der Waals surface area contributed by atoms with E-state index >= 15 is 0 Å². The Hall–Kier alpha value is -0.130. The molecule has 0 bridgehead atoms. The molecule has 2 nitrogen and oxygen atoms in total. The van der Waals surface area contributed by atoms with Crippen LogP contribution in [-0.2, 0) is 0 Å². The van der Waals surface area contributed by atoms with Gasteiger partial charge < -0.3 is 4.98 Å². The monoisotopic (exact) mass is 379 g/mol. The summed E-state index contributed by atoms with van der Waals surface area (Å²) in [5, 5.41) is 0.653. The first kappa shape index (κ1) is 10.4. The molecule has 0 amide bonds. The van der Waals surface area contributed by atoms with Gasteiger partial charge >= 0.3 is 0 Å². The maximum Gasteiger partial charge on any atom is 0.203 e. The lowest BCUT2D eigenvalue weighted by atomic mass is 10.2. The minimum Gasteiger partial charge on any atom is -0.359 e. The molecule has 1 aromatic heterocycles. The molecule has 2 aromatic rings. The second-order valence-electron chi connectivity index (χ2n) is 2.78. The van der Waals surface area contributed by atoms with Gasteiger partial charge in [-0.2, -0.15) is 0 Å². The van der Waals surface area contributed by atoms with Crippen LogP contribution in [-0.4, -0.2) is 4.98 Å². The second-order valence-corrected chi connectivity index (χ2v) is 5.40. The number of H-pyrrole nitrogens is 1. The molecule has 0 aliphatic rings. The summed E-state index contributed by atoms with van der Waals surface area (Å²) in [6.07, 6.45) is 1.64. The van der Waals surface area contributed by atoms with E-state index in [1.807, 2.05) is 6.07 Å². The van der Waals surface area contributed by atoms with Gasteiger partial charge in [-0.1, -0.05) is 15.9 Å². The first-order valence-electron chi connectivity index (χ1n) is 3.75. The summed E-state index contributed by atoms with van der Waals surface area (Å²) in [4.78, 5) is 14.8. The highest BCUT2D eigenvalue weighted by molar-refractivity contribution is 9.11. The highest BCUT2D eigenvalue weighted by atomic mass is 79.9. The molecule has 0 unspecified atom stereocenters. The summed E-state index contributed by atoms with van der Waals surface area (Å²) in [6, 6.07) is 3.69. The molecular weight excluding hydrogens is 378 g/mol. The Bertz CT molecular complexity index is 562. The van der Waals surface area contributed by atoms with Crippen LogP contribution in [0.4, 0.5) is 0 Å². The molecule has 14 heavy (non-hydrogen) atoms. The summed E-state index contributed by atoms with van der Waals surface area (Å²) < 4.78 is 2.28. The van der Waals surface area contributed by atoms with Crippen LogP contribution in [0.25, 0.3) is 10.9 Å². The molecular formula is C9H4Br3NO. The van der Waals surface area contributed by atoms with Crippen molar-refractivity contribution in [3.63, 3.8) is 0 Å². The molecule has 1 aromatic carbocycles. The third-order valence-corrected chi connectivity index (χ3v) is 3.53. The van der Waals surface area contributed by atoms with Crippen LogP contribution < -0.4 is 5.43 Å². The number of aromatic amines is 1. The van der Waals surface area contributed by atoms with Crippen molar-refractivity contribution in [2.75, 3.05) is 0 Å². The van der Waals surface area contributed by atoms with E-state index in [0.717, 1.165) is 14.5 Å². The van der Waals surface area contributed by atoms with Crippen molar-refractivity contribution in [1.29, 1.82) is 0 Å². The van der Waals surface area contributed by atoms with Gasteiger partial charge in [-0.25, -0.2) is 0 Å². The Balaban J connectivity index is 3.03.